The predicted octanol–water partition coefficient (Wildman–Crippen LogP) is 2.36. The van der Waals surface area contributed by atoms with Gasteiger partial charge in [-0.15, -0.1) is 12.4 Å². The van der Waals surface area contributed by atoms with Crippen molar-refractivity contribution in [3.63, 3.8) is 0 Å². The molecule has 1 aliphatic heterocycles. The van der Waals surface area contributed by atoms with E-state index < -0.39 is 0 Å². The Hall–Kier alpha value is -1.22. The Labute approximate surface area is 101 Å². The molecule has 0 spiro atoms. The van der Waals surface area contributed by atoms with Crippen LogP contribution >= 0.6 is 12.4 Å². The molecule has 1 aromatic rings. The maximum atomic E-state index is 11.0. The molecule has 0 aromatic heterocycles. The molecular formula is C12H16ClNO2. The summed E-state index contributed by atoms with van der Waals surface area (Å²) in [5.41, 5.74) is 7.60. The predicted molar refractivity (Wildman–Crippen MR) is 66.1 cm³/mol. The highest BCUT2D eigenvalue weighted by atomic mass is 35.5. The molecule has 0 saturated carbocycles. The van der Waals surface area contributed by atoms with Gasteiger partial charge in [0, 0.05) is 12.1 Å². The molecule has 0 bridgehead atoms. The van der Waals surface area contributed by atoms with E-state index in [0.717, 1.165) is 29.8 Å². The molecule has 0 aliphatic carbocycles. The van der Waals surface area contributed by atoms with Crippen molar-refractivity contribution >= 4 is 23.9 Å². The molecule has 1 atom stereocenters. The lowest BCUT2D eigenvalue weighted by Crippen LogP contribution is -2.24. The van der Waals surface area contributed by atoms with E-state index in [2.05, 4.69) is 0 Å². The number of rotatable bonds is 2. The Kier molecular flexibility index (Phi) is 4.19. The molecule has 1 aliphatic rings. The highest BCUT2D eigenvalue weighted by molar-refractivity contribution is 5.85. The maximum absolute atomic E-state index is 11.0. The van der Waals surface area contributed by atoms with Crippen molar-refractivity contribution in [2.75, 3.05) is 5.73 Å². The van der Waals surface area contributed by atoms with Gasteiger partial charge in [-0.25, -0.2) is 0 Å². The van der Waals surface area contributed by atoms with Crippen LogP contribution in [0.4, 0.5) is 5.69 Å². The number of fused-ring (bicyclic) bond motifs is 1. The van der Waals surface area contributed by atoms with Gasteiger partial charge in [-0.1, -0.05) is 0 Å². The van der Waals surface area contributed by atoms with Gasteiger partial charge in [0.15, 0.2) is 0 Å². The Morgan fingerprint density at radius 2 is 2.31 bits per heavy atom. The number of Topliss-reactive ketones (excluding diaryl/α,β-unsaturated/α-hetero) is 1. The first kappa shape index (κ1) is 12.8. The van der Waals surface area contributed by atoms with E-state index in [9.17, 15) is 4.79 Å². The second-order valence-corrected chi connectivity index (χ2v) is 4.05. The van der Waals surface area contributed by atoms with E-state index in [1.54, 1.807) is 6.92 Å². The molecule has 1 heterocycles. The minimum Gasteiger partial charge on any atom is -0.490 e. The quantitative estimate of drug-likeness (QED) is 0.809. The lowest BCUT2D eigenvalue weighted by Gasteiger charge is -2.25. The molecule has 2 N–H and O–H groups in total. The molecule has 0 amide bonds. The lowest BCUT2D eigenvalue weighted by molar-refractivity contribution is -0.118. The molecular weight excluding hydrogens is 226 g/mol. The molecule has 0 unspecified atom stereocenters. The number of ether oxygens (including phenoxy) is 1. The van der Waals surface area contributed by atoms with Crippen LogP contribution in [0.5, 0.6) is 5.75 Å². The Morgan fingerprint density at radius 1 is 1.56 bits per heavy atom. The zero-order valence-corrected chi connectivity index (χ0v) is 10.0. The van der Waals surface area contributed by atoms with Crippen LogP contribution in [0.2, 0.25) is 0 Å². The topological polar surface area (TPSA) is 52.3 Å². The van der Waals surface area contributed by atoms with Crippen molar-refractivity contribution in [1.82, 2.24) is 0 Å². The van der Waals surface area contributed by atoms with Crippen molar-refractivity contribution < 1.29 is 9.53 Å². The molecule has 3 nitrogen and oxygen atoms in total. The Balaban J connectivity index is 0.00000128. The van der Waals surface area contributed by atoms with Crippen LogP contribution in [0.3, 0.4) is 0 Å². The maximum Gasteiger partial charge on any atom is 0.133 e. The van der Waals surface area contributed by atoms with Crippen LogP contribution in [0.25, 0.3) is 0 Å². The zero-order valence-electron chi connectivity index (χ0n) is 9.23. The fourth-order valence-corrected chi connectivity index (χ4v) is 1.93. The van der Waals surface area contributed by atoms with E-state index >= 15 is 0 Å². The fraction of sp³-hybridized carbons (Fsp3) is 0.417. The number of nitrogens with two attached hydrogens (primary N) is 1. The van der Waals surface area contributed by atoms with Gasteiger partial charge in [-0.3, -0.25) is 4.79 Å². The van der Waals surface area contributed by atoms with Crippen molar-refractivity contribution in [1.29, 1.82) is 0 Å². The molecule has 1 aromatic carbocycles. The van der Waals surface area contributed by atoms with Gasteiger partial charge in [0.2, 0.25) is 0 Å². The van der Waals surface area contributed by atoms with E-state index in [1.165, 1.54) is 0 Å². The number of aryl methyl sites for hydroxylation is 1. The average molecular weight is 242 g/mol. The fourth-order valence-electron chi connectivity index (χ4n) is 1.93. The SMILES string of the molecule is CC(=O)C[C@@H]1CCc2cc(N)ccc2O1.Cl. The third-order valence-electron chi connectivity index (χ3n) is 2.63. The van der Waals surface area contributed by atoms with E-state index in [0.29, 0.717) is 6.42 Å². The number of carbonyl (C=O) groups is 1. The number of carbonyl (C=O) groups excluding carboxylic acids is 1. The first-order valence-electron chi connectivity index (χ1n) is 5.19. The van der Waals surface area contributed by atoms with Gasteiger partial charge >= 0.3 is 0 Å². The van der Waals surface area contributed by atoms with Crippen LogP contribution in [0.15, 0.2) is 18.2 Å². The van der Waals surface area contributed by atoms with E-state index in [4.69, 9.17) is 10.5 Å². The van der Waals surface area contributed by atoms with Crippen LogP contribution in [0.1, 0.15) is 25.3 Å². The molecule has 0 radical (unpaired) electrons. The summed E-state index contributed by atoms with van der Waals surface area (Å²) in [6.45, 7) is 1.60. The summed E-state index contributed by atoms with van der Waals surface area (Å²) in [4.78, 5) is 11.0. The molecule has 4 heteroatoms. The number of hydrogen-bond acceptors (Lipinski definition) is 3. The number of benzene rings is 1. The minimum atomic E-state index is 0. The molecule has 16 heavy (non-hydrogen) atoms. The first-order valence-corrected chi connectivity index (χ1v) is 5.19. The van der Waals surface area contributed by atoms with Gasteiger partial charge in [-0.2, -0.15) is 0 Å². The van der Waals surface area contributed by atoms with Gasteiger partial charge in [0.1, 0.15) is 17.6 Å². The molecule has 0 fully saturated rings. The molecule has 2 rings (SSSR count). The summed E-state index contributed by atoms with van der Waals surface area (Å²) < 4.78 is 5.72. The largest absolute Gasteiger partial charge is 0.490 e. The monoisotopic (exact) mass is 241 g/mol. The normalized spacial score (nSPS) is 17.9. The van der Waals surface area contributed by atoms with Gasteiger partial charge in [0.05, 0.1) is 0 Å². The smallest absolute Gasteiger partial charge is 0.133 e. The Morgan fingerprint density at radius 3 is 3.00 bits per heavy atom. The van der Waals surface area contributed by atoms with Gasteiger partial charge in [0.25, 0.3) is 0 Å². The second-order valence-electron chi connectivity index (χ2n) is 4.05. The van der Waals surface area contributed by atoms with Crippen molar-refractivity contribution in [2.45, 2.75) is 32.3 Å². The lowest BCUT2D eigenvalue weighted by atomic mass is 9.99. The molecule has 0 saturated heterocycles. The third-order valence-corrected chi connectivity index (χ3v) is 2.63. The Bertz CT molecular complexity index is 393. The van der Waals surface area contributed by atoms with E-state index in [1.807, 2.05) is 18.2 Å². The summed E-state index contributed by atoms with van der Waals surface area (Å²) in [5, 5.41) is 0. The first-order chi connectivity index (χ1) is 7.15. The van der Waals surface area contributed by atoms with Crippen LogP contribution in [0, 0.1) is 0 Å². The number of hydrogen-bond donors (Lipinski definition) is 1. The number of nitrogen functional groups attached to an aromatic ring is 1. The highest BCUT2D eigenvalue weighted by Gasteiger charge is 2.20. The average Bonchev–Trinajstić information content (AvgIpc) is 2.17. The third kappa shape index (κ3) is 2.89. The minimum absolute atomic E-state index is 0. The van der Waals surface area contributed by atoms with E-state index in [-0.39, 0.29) is 24.3 Å². The molecule has 88 valence electrons. The summed E-state index contributed by atoms with van der Waals surface area (Å²) in [5.74, 6) is 1.06. The standard InChI is InChI=1S/C12H15NO2.ClH/c1-8(14)6-11-4-2-9-7-10(13)3-5-12(9)15-11;/h3,5,7,11H,2,4,6,13H2,1H3;1H/t11-;/m0./s1. The van der Waals surface area contributed by atoms with Crippen LogP contribution < -0.4 is 10.5 Å². The van der Waals surface area contributed by atoms with Crippen LogP contribution in [-0.4, -0.2) is 11.9 Å². The summed E-state index contributed by atoms with van der Waals surface area (Å²) in [6, 6.07) is 5.66. The second kappa shape index (κ2) is 5.21. The zero-order chi connectivity index (χ0) is 10.8. The highest BCUT2D eigenvalue weighted by Crippen LogP contribution is 2.30. The summed E-state index contributed by atoms with van der Waals surface area (Å²) in [7, 11) is 0. The van der Waals surface area contributed by atoms with Crippen molar-refractivity contribution in [3.05, 3.63) is 23.8 Å². The summed E-state index contributed by atoms with van der Waals surface area (Å²) in [6.07, 6.45) is 2.39. The van der Waals surface area contributed by atoms with Crippen molar-refractivity contribution in [2.24, 2.45) is 0 Å². The number of ketones is 1. The summed E-state index contributed by atoms with van der Waals surface area (Å²) >= 11 is 0. The van der Waals surface area contributed by atoms with Crippen LogP contribution in [-0.2, 0) is 11.2 Å². The van der Waals surface area contributed by atoms with Gasteiger partial charge in [-0.05, 0) is 43.5 Å². The van der Waals surface area contributed by atoms with Gasteiger partial charge < -0.3 is 10.5 Å². The van der Waals surface area contributed by atoms with Crippen molar-refractivity contribution in [3.8, 4) is 5.75 Å². The number of halogens is 1. The number of anilines is 1.